The smallest absolute Gasteiger partial charge is 0.248 e. The van der Waals surface area contributed by atoms with Crippen molar-refractivity contribution in [2.24, 2.45) is 0 Å². The van der Waals surface area contributed by atoms with Gasteiger partial charge in [-0.15, -0.1) is 0 Å². The molecule has 0 bridgehead atoms. The van der Waals surface area contributed by atoms with Crippen LogP contribution in [-0.4, -0.2) is 40.7 Å². The number of hydrogen-bond acceptors (Lipinski definition) is 4. The lowest BCUT2D eigenvalue weighted by molar-refractivity contribution is -0.111. The van der Waals surface area contributed by atoms with Gasteiger partial charge in [-0.25, -0.2) is 8.42 Å². The minimum Gasteiger partial charge on any atom is -0.376 e. The zero-order valence-corrected chi connectivity index (χ0v) is 17.3. The van der Waals surface area contributed by atoms with E-state index in [1.165, 1.54) is 10.4 Å². The molecule has 0 saturated carbocycles. The Labute approximate surface area is 170 Å². The van der Waals surface area contributed by atoms with Gasteiger partial charge in [-0.3, -0.25) is 9.10 Å². The average molecular weight is 420 g/mol. The Morgan fingerprint density at radius 2 is 1.89 bits per heavy atom. The van der Waals surface area contributed by atoms with Gasteiger partial charge in [-0.2, -0.15) is 0 Å². The van der Waals surface area contributed by atoms with Crippen LogP contribution in [0.5, 0.6) is 0 Å². The van der Waals surface area contributed by atoms with E-state index in [4.69, 9.17) is 11.6 Å². The highest BCUT2D eigenvalue weighted by atomic mass is 35.5. The van der Waals surface area contributed by atoms with E-state index in [9.17, 15) is 13.2 Å². The first-order valence-electron chi connectivity index (χ1n) is 8.83. The number of hydrogen-bond donors (Lipinski definition) is 1. The summed E-state index contributed by atoms with van der Waals surface area (Å²) in [6.07, 6.45) is 3.75. The van der Waals surface area contributed by atoms with Crippen LogP contribution in [0.15, 0.2) is 48.5 Å². The molecule has 8 heteroatoms. The Bertz CT molecular complexity index is 1000. The third-order valence-electron chi connectivity index (χ3n) is 4.41. The van der Waals surface area contributed by atoms with Crippen LogP contribution in [0.2, 0.25) is 5.02 Å². The summed E-state index contributed by atoms with van der Waals surface area (Å²) in [4.78, 5) is 14.2. The Morgan fingerprint density at radius 1 is 1.18 bits per heavy atom. The number of rotatable bonds is 5. The van der Waals surface area contributed by atoms with Gasteiger partial charge in [-0.1, -0.05) is 23.7 Å². The van der Waals surface area contributed by atoms with Crippen LogP contribution in [0.3, 0.4) is 0 Å². The van der Waals surface area contributed by atoms with E-state index in [2.05, 4.69) is 5.32 Å². The third-order valence-corrected chi connectivity index (χ3v) is 6.51. The molecule has 0 spiro atoms. The zero-order valence-electron chi connectivity index (χ0n) is 15.7. The lowest BCUT2D eigenvalue weighted by Crippen LogP contribution is -2.24. The van der Waals surface area contributed by atoms with Crippen molar-refractivity contribution in [2.45, 2.75) is 6.42 Å². The number of carbonyl (C=O) groups excluding carboxylic acids is 1. The summed E-state index contributed by atoms with van der Waals surface area (Å²) in [7, 11) is 0.580. The fourth-order valence-corrected chi connectivity index (χ4v) is 4.76. The predicted octanol–water partition coefficient (Wildman–Crippen LogP) is 3.60. The van der Waals surface area contributed by atoms with Crippen molar-refractivity contribution in [1.82, 2.24) is 0 Å². The summed E-state index contributed by atoms with van der Waals surface area (Å²) in [5.41, 5.74) is 2.92. The first-order valence-corrected chi connectivity index (χ1v) is 10.8. The lowest BCUT2D eigenvalue weighted by Gasteiger charge is -2.17. The highest BCUT2D eigenvalue weighted by Gasteiger charge is 2.28. The molecule has 0 unspecified atom stereocenters. The summed E-state index contributed by atoms with van der Waals surface area (Å²) < 4.78 is 25.4. The molecule has 0 aliphatic carbocycles. The second kappa shape index (κ2) is 8.24. The van der Waals surface area contributed by atoms with Crippen LogP contribution < -0.4 is 14.5 Å². The fourth-order valence-electron chi connectivity index (χ4n) is 3.03. The SMILES string of the molecule is CN(C)c1ccc(Cl)cc1NC(=O)/C=C/c1ccc(N2CCCS2(=O)=O)cc1. The highest BCUT2D eigenvalue weighted by Crippen LogP contribution is 2.28. The predicted molar refractivity (Wildman–Crippen MR) is 116 cm³/mol. The summed E-state index contributed by atoms with van der Waals surface area (Å²) >= 11 is 6.03. The minimum absolute atomic E-state index is 0.188. The van der Waals surface area contributed by atoms with Crippen LogP contribution in [0.4, 0.5) is 17.1 Å². The number of nitrogens with one attached hydrogen (secondary N) is 1. The molecule has 1 fully saturated rings. The third kappa shape index (κ3) is 4.66. The van der Waals surface area contributed by atoms with Crippen molar-refractivity contribution in [2.75, 3.05) is 40.9 Å². The summed E-state index contributed by atoms with van der Waals surface area (Å²) in [5.74, 6) is -0.0932. The molecule has 28 heavy (non-hydrogen) atoms. The molecule has 1 saturated heterocycles. The molecule has 148 valence electrons. The van der Waals surface area contributed by atoms with E-state index < -0.39 is 10.0 Å². The van der Waals surface area contributed by atoms with Gasteiger partial charge in [0.25, 0.3) is 0 Å². The normalized spacial score (nSPS) is 15.8. The summed E-state index contributed by atoms with van der Waals surface area (Å²) in [6.45, 7) is 0.508. The topological polar surface area (TPSA) is 69.7 Å². The Hall–Kier alpha value is -2.51. The maximum Gasteiger partial charge on any atom is 0.248 e. The maximum absolute atomic E-state index is 12.3. The molecular weight excluding hydrogens is 398 g/mol. The average Bonchev–Trinajstić information content (AvgIpc) is 2.99. The van der Waals surface area contributed by atoms with Crippen molar-refractivity contribution in [3.8, 4) is 0 Å². The summed E-state index contributed by atoms with van der Waals surface area (Å²) in [5, 5.41) is 3.37. The van der Waals surface area contributed by atoms with E-state index in [-0.39, 0.29) is 11.7 Å². The number of carbonyl (C=O) groups is 1. The molecule has 1 aliphatic rings. The Kier molecular flexibility index (Phi) is 5.96. The second-order valence-corrected chi connectivity index (χ2v) is 9.16. The first kappa shape index (κ1) is 20.2. The van der Waals surface area contributed by atoms with Crippen molar-refractivity contribution in [3.05, 3.63) is 59.1 Å². The zero-order chi connectivity index (χ0) is 20.3. The fraction of sp³-hybridized carbons (Fsp3) is 0.250. The van der Waals surface area contributed by atoms with Crippen molar-refractivity contribution < 1.29 is 13.2 Å². The summed E-state index contributed by atoms with van der Waals surface area (Å²) in [6, 6.07) is 12.4. The first-order chi connectivity index (χ1) is 13.3. The Balaban J connectivity index is 1.69. The van der Waals surface area contributed by atoms with E-state index in [0.717, 1.165) is 11.3 Å². The Morgan fingerprint density at radius 3 is 2.50 bits per heavy atom. The van der Waals surface area contributed by atoms with Crippen molar-refractivity contribution in [3.63, 3.8) is 0 Å². The van der Waals surface area contributed by atoms with Crippen LogP contribution in [-0.2, 0) is 14.8 Å². The van der Waals surface area contributed by atoms with E-state index in [0.29, 0.717) is 29.4 Å². The van der Waals surface area contributed by atoms with Gasteiger partial charge in [0.15, 0.2) is 0 Å². The molecule has 3 rings (SSSR count). The highest BCUT2D eigenvalue weighted by molar-refractivity contribution is 7.93. The van der Waals surface area contributed by atoms with E-state index in [1.54, 1.807) is 42.5 Å². The van der Waals surface area contributed by atoms with E-state index >= 15 is 0 Å². The molecular formula is C20H22ClN3O3S. The van der Waals surface area contributed by atoms with Crippen LogP contribution in [0, 0.1) is 0 Å². The monoisotopic (exact) mass is 419 g/mol. The number of halogens is 1. The number of sulfonamides is 1. The quantitative estimate of drug-likeness (QED) is 0.752. The molecule has 1 amide bonds. The van der Waals surface area contributed by atoms with Gasteiger partial charge >= 0.3 is 0 Å². The standard InChI is InChI=1S/C20H22ClN3O3S/c1-23(2)19-10-7-16(21)14-18(19)22-20(25)11-6-15-4-8-17(9-5-15)24-12-3-13-28(24,26)27/h4-11,14H,3,12-13H2,1-2H3,(H,22,25)/b11-6+. The molecule has 2 aromatic rings. The van der Waals surface area contributed by atoms with Gasteiger partial charge in [0.05, 0.1) is 22.8 Å². The second-order valence-electron chi connectivity index (χ2n) is 6.71. The largest absolute Gasteiger partial charge is 0.376 e. The van der Waals surface area contributed by atoms with Crippen LogP contribution in [0.25, 0.3) is 6.08 Å². The van der Waals surface area contributed by atoms with Gasteiger partial charge in [-0.05, 0) is 48.4 Å². The molecule has 0 radical (unpaired) electrons. The molecule has 2 aromatic carbocycles. The van der Waals surface area contributed by atoms with Crippen LogP contribution >= 0.6 is 11.6 Å². The maximum atomic E-state index is 12.3. The molecule has 1 heterocycles. The molecule has 1 aliphatic heterocycles. The molecule has 0 atom stereocenters. The lowest BCUT2D eigenvalue weighted by atomic mass is 10.2. The number of amides is 1. The minimum atomic E-state index is -3.19. The van der Waals surface area contributed by atoms with Gasteiger partial charge < -0.3 is 10.2 Å². The van der Waals surface area contributed by atoms with Gasteiger partial charge in [0.1, 0.15) is 0 Å². The van der Waals surface area contributed by atoms with Crippen LogP contribution in [0.1, 0.15) is 12.0 Å². The molecule has 6 nitrogen and oxygen atoms in total. The van der Waals surface area contributed by atoms with Crippen molar-refractivity contribution >= 4 is 50.7 Å². The molecule has 1 N–H and O–H groups in total. The number of nitrogens with zero attached hydrogens (tertiary/aromatic N) is 2. The number of anilines is 3. The van der Waals surface area contributed by atoms with E-state index in [1.807, 2.05) is 25.1 Å². The van der Waals surface area contributed by atoms with Crippen molar-refractivity contribution in [1.29, 1.82) is 0 Å². The van der Waals surface area contributed by atoms with Gasteiger partial charge in [0, 0.05) is 31.7 Å². The molecule has 0 aromatic heterocycles. The number of benzene rings is 2. The van der Waals surface area contributed by atoms with Gasteiger partial charge in [0.2, 0.25) is 15.9 Å².